The SMILES string of the molecule is CCN(CC)c1ccc2c(c1)OCC(c1nc3ccccc3s1)=C2. The van der Waals surface area contributed by atoms with E-state index in [4.69, 9.17) is 9.72 Å². The molecular weight excluding hydrogens is 316 g/mol. The summed E-state index contributed by atoms with van der Waals surface area (Å²) in [7, 11) is 0. The van der Waals surface area contributed by atoms with Crippen LogP contribution in [0.15, 0.2) is 42.5 Å². The van der Waals surface area contributed by atoms with Crippen LogP contribution in [0.2, 0.25) is 0 Å². The molecule has 1 aromatic heterocycles. The van der Waals surface area contributed by atoms with Crippen molar-refractivity contribution >= 4 is 38.9 Å². The summed E-state index contributed by atoms with van der Waals surface area (Å²) in [6.45, 7) is 6.93. The van der Waals surface area contributed by atoms with Crippen molar-refractivity contribution in [2.24, 2.45) is 0 Å². The molecule has 0 radical (unpaired) electrons. The summed E-state index contributed by atoms with van der Waals surface area (Å²) in [5, 5.41) is 1.05. The molecule has 0 N–H and O–H groups in total. The van der Waals surface area contributed by atoms with Gasteiger partial charge in [0.05, 0.1) is 10.2 Å². The summed E-state index contributed by atoms with van der Waals surface area (Å²) in [6.07, 6.45) is 2.21. The fraction of sp³-hybridized carbons (Fsp3) is 0.250. The maximum absolute atomic E-state index is 6.04. The van der Waals surface area contributed by atoms with E-state index in [-0.39, 0.29) is 0 Å². The zero-order chi connectivity index (χ0) is 16.5. The van der Waals surface area contributed by atoms with Crippen molar-refractivity contribution in [2.75, 3.05) is 24.6 Å². The van der Waals surface area contributed by atoms with Crippen molar-refractivity contribution in [3.05, 3.63) is 53.0 Å². The summed E-state index contributed by atoms with van der Waals surface area (Å²) >= 11 is 1.73. The molecule has 0 aliphatic carbocycles. The first-order valence-electron chi connectivity index (χ1n) is 8.36. The maximum atomic E-state index is 6.04. The molecule has 24 heavy (non-hydrogen) atoms. The second-order valence-electron chi connectivity index (χ2n) is 5.84. The summed E-state index contributed by atoms with van der Waals surface area (Å²) < 4.78 is 7.26. The standard InChI is InChI=1S/C20H20N2OS/c1-3-22(4-2)16-10-9-14-11-15(13-23-18(14)12-16)20-21-17-7-5-6-8-19(17)24-20/h5-12H,3-4,13H2,1-2H3. The van der Waals surface area contributed by atoms with Crippen molar-refractivity contribution in [1.82, 2.24) is 4.98 Å². The van der Waals surface area contributed by atoms with Gasteiger partial charge in [0, 0.05) is 36.0 Å². The van der Waals surface area contributed by atoms with E-state index in [1.54, 1.807) is 11.3 Å². The van der Waals surface area contributed by atoms with E-state index >= 15 is 0 Å². The van der Waals surface area contributed by atoms with E-state index in [1.807, 2.05) is 6.07 Å². The Morgan fingerprint density at radius 3 is 2.75 bits per heavy atom. The normalized spacial score (nSPS) is 13.3. The summed E-state index contributed by atoms with van der Waals surface area (Å²) in [4.78, 5) is 7.07. The van der Waals surface area contributed by atoms with Crippen LogP contribution in [0, 0.1) is 0 Å². The largest absolute Gasteiger partial charge is 0.488 e. The highest BCUT2D eigenvalue weighted by Crippen LogP contribution is 2.35. The van der Waals surface area contributed by atoms with E-state index in [9.17, 15) is 0 Å². The van der Waals surface area contributed by atoms with Crippen LogP contribution >= 0.6 is 11.3 Å². The Kier molecular flexibility index (Phi) is 3.98. The molecule has 2 aromatic carbocycles. The minimum atomic E-state index is 0.578. The molecule has 0 bridgehead atoms. The summed E-state index contributed by atoms with van der Waals surface area (Å²) in [5.41, 5.74) is 4.56. The topological polar surface area (TPSA) is 25.4 Å². The van der Waals surface area contributed by atoms with E-state index in [0.29, 0.717) is 6.61 Å². The molecule has 0 spiro atoms. The van der Waals surface area contributed by atoms with Gasteiger partial charge >= 0.3 is 0 Å². The Morgan fingerprint density at radius 1 is 1.12 bits per heavy atom. The second kappa shape index (κ2) is 6.29. The summed E-state index contributed by atoms with van der Waals surface area (Å²) in [5.74, 6) is 0.962. The molecule has 1 aliphatic heterocycles. The average Bonchev–Trinajstić information content (AvgIpc) is 3.06. The van der Waals surface area contributed by atoms with Gasteiger partial charge in [0.25, 0.3) is 0 Å². The van der Waals surface area contributed by atoms with Crippen LogP contribution in [0.4, 0.5) is 5.69 Å². The predicted molar refractivity (Wildman–Crippen MR) is 103 cm³/mol. The lowest BCUT2D eigenvalue weighted by Crippen LogP contribution is -2.22. The molecule has 1 aliphatic rings. The Labute approximate surface area is 146 Å². The van der Waals surface area contributed by atoms with Crippen LogP contribution in [0.1, 0.15) is 24.4 Å². The van der Waals surface area contributed by atoms with Gasteiger partial charge < -0.3 is 9.64 Å². The fourth-order valence-corrected chi connectivity index (χ4v) is 4.04. The van der Waals surface area contributed by atoms with Gasteiger partial charge in [-0.1, -0.05) is 12.1 Å². The van der Waals surface area contributed by atoms with Gasteiger partial charge in [-0.05, 0) is 44.2 Å². The lowest BCUT2D eigenvalue weighted by atomic mass is 10.1. The molecule has 0 saturated heterocycles. The maximum Gasteiger partial charge on any atom is 0.129 e. The summed E-state index contributed by atoms with van der Waals surface area (Å²) in [6, 6.07) is 14.7. The number of aromatic nitrogens is 1. The lowest BCUT2D eigenvalue weighted by Gasteiger charge is -2.24. The van der Waals surface area contributed by atoms with Crippen LogP contribution in [0.25, 0.3) is 21.9 Å². The van der Waals surface area contributed by atoms with Crippen LogP contribution in [-0.4, -0.2) is 24.7 Å². The molecule has 3 nitrogen and oxygen atoms in total. The van der Waals surface area contributed by atoms with Crippen molar-refractivity contribution in [2.45, 2.75) is 13.8 Å². The van der Waals surface area contributed by atoms with Gasteiger partial charge in [0.15, 0.2) is 0 Å². The van der Waals surface area contributed by atoms with Gasteiger partial charge in [-0.15, -0.1) is 11.3 Å². The average molecular weight is 336 g/mol. The van der Waals surface area contributed by atoms with Crippen LogP contribution in [0.5, 0.6) is 5.75 Å². The number of thiazole rings is 1. The quantitative estimate of drug-likeness (QED) is 0.665. The Balaban J connectivity index is 1.69. The molecule has 0 unspecified atom stereocenters. The van der Waals surface area contributed by atoms with Crippen molar-refractivity contribution in [1.29, 1.82) is 0 Å². The third kappa shape index (κ3) is 2.67. The predicted octanol–water partition coefficient (Wildman–Crippen LogP) is 5.08. The fourth-order valence-electron chi connectivity index (χ4n) is 3.07. The zero-order valence-electron chi connectivity index (χ0n) is 14.0. The first kappa shape index (κ1) is 15.2. The molecule has 0 fully saturated rings. The van der Waals surface area contributed by atoms with Crippen LogP contribution in [-0.2, 0) is 0 Å². The number of rotatable bonds is 4. The molecule has 122 valence electrons. The molecule has 0 atom stereocenters. The van der Waals surface area contributed by atoms with Gasteiger partial charge in [-0.2, -0.15) is 0 Å². The smallest absolute Gasteiger partial charge is 0.129 e. The minimum absolute atomic E-state index is 0.578. The number of ether oxygens (including phenoxy) is 1. The molecule has 0 amide bonds. The molecular formula is C20H20N2OS. The third-order valence-electron chi connectivity index (χ3n) is 4.41. The van der Waals surface area contributed by atoms with E-state index in [1.165, 1.54) is 10.4 Å². The van der Waals surface area contributed by atoms with Crippen molar-refractivity contribution in [3.63, 3.8) is 0 Å². The number of benzene rings is 2. The molecule has 3 aromatic rings. The van der Waals surface area contributed by atoms with E-state index < -0.39 is 0 Å². The highest BCUT2D eigenvalue weighted by Gasteiger charge is 2.17. The minimum Gasteiger partial charge on any atom is -0.488 e. The Bertz CT molecular complexity index is 876. The van der Waals surface area contributed by atoms with Gasteiger partial charge in [-0.25, -0.2) is 4.98 Å². The molecule has 0 saturated carbocycles. The monoisotopic (exact) mass is 336 g/mol. The number of anilines is 1. The second-order valence-corrected chi connectivity index (χ2v) is 6.87. The molecule has 2 heterocycles. The number of fused-ring (bicyclic) bond motifs is 2. The van der Waals surface area contributed by atoms with Gasteiger partial charge in [0.2, 0.25) is 0 Å². The van der Waals surface area contributed by atoms with Crippen molar-refractivity contribution < 1.29 is 4.74 Å². The molecule has 4 heteroatoms. The highest BCUT2D eigenvalue weighted by atomic mass is 32.1. The van der Waals surface area contributed by atoms with Gasteiger partial charge in [-0.3, -0.25) is 0 Å². The van der Waals surface area contributed by atoms with E-state index in [2.05, 4.69) is 61.2 Å². The number of hydrogen-bond donors (Lipinski definition) is 0. The Hall–Kier alpha value is -2.33. The highest BCUT2D eigenvalue weighted by molar-refractivity contribution is 7.19. The number of para-hydroxylation sites is 1. The number of nitrogens with zero attached hydrogens (tertiary/aromatic N) is 2. The Morgan fingerprint density at radius 2 is 1.96 bits per heavy atom. The lowest BCUT2D eigenvalue weighted by molar-refractivity contribution is 0.366. The first-order valence-corrected chi connectivity index (χ1v) is 9.18. The zero-order valence-corrected chi connectivity index (χ0v) is 14.8. The third-order valence-corrected chi connectivity index (χ3v) is 5.52. The van der Waals surface area contributed by atoms with Crippen LogP contribution in [0.3, 0.4) is 0 Å². The van der Waals surface area contributed by atoms with Crippen molar-refractivity contribution in [3.8, 4) is 5.75 Å². The molecule has 4 rings (SSSR count). The van der Waals surface area contributed by atoms with Gasteiger partial charge in [0.1, 0.15) is 17.4 Å². The number of hydrogen-bond acceptors (Lipinski definition) is 4. The van der Waals surface area contributed by atoms with Crippen LogP contribution < -0.4 is 9.64 Å². The van der Waals surface area contributed by atoms with E-state index in [0.717, 1.165) is 40.5 Å². The first-order chi connectivity index (χ1) is 11.8.